The highest BCUT2D eigenvalue weighted by atomic mass is 16.6. The molecule has 1 aliphatic rings. The van der Waals surface area contributed by atoms with E-state index in [2.05, 4.69) is 10.6 Å². The number of nitrogens with zero attached hydrogens (tertiary/aromatic N) is 3. The molecule has 0 radical (unpaired) electrons. The summed E-state index contributed by atoms with van der Waals surface area (Å²) in [7, 11) is 4.31. The van der Waals surface area contributed by atoms with E-state index in [1.165, 1.54) is 62.7 Å². The summed E-state index contributed by atoms with van der Waals surface area (Å²) >= 11 is 0. The molecule has 0 saturated heterocycles. The number of likely N-dealkylation sites (N-methyl/N-ethyl adjacent to an activating group) is 3. The number of ether oxygens (including phenoxy) is 2. The molecule has 0 aromatic heterocycles. The minimum atomic E-state index is -1.27. The van der Waals surface area contributed by atoms with Gasteiger partial charge in [-0.25, -0.2) is 9.59 Å². The van der Waals surface area contributed by atoms with Gasteiger partial charge in [0.05, 0.1) is 12.6 Å². The molecule has 3 N–H and O–H groups in total. The van der Waals surface area contributed by atoms with Gasteiger partial charge in [0.2, 0.25) is 23.6 Å². The van der Waals surface area contributed by atoms with Crippen LogP contribution in [0.25, 0.3) is 0 Å². The number of hydrogen-bond donors (Lipinski definition) is 3. The molecule has 15 nitrogen and oxygen atoms in total. The van der Waals surface area contributed by atoms with E-state index in [1.54, 1.807) is 65.0 Å². The van der Waals surface area contributed by atoms with Crippen molar-refractivity contribution < 1.29 is 48.1 Å². The van der Waals surface area contributed by atoms with Crippen LogP contribution in [0.5, 0.6) is 0 Å². The molecular formula is C45H69N5O10. The van der Waals surface area contributed by atoms with Gasteiger partial charge >= 0.3 is 11.9 Å². The zero-order chi connectivity index (χ0) is 45.6. The fourth-order valence-electron chi connectivity index (χ4n) is 6.71. The lowest BCUT2D eigenvalue weighted by Gasteiger charge is -2.34. The lowest BCUT2D eigenvalue weighted by Crippen LogP contribution is -2.58. The Morgan fingerprint density at radius 3 is 2.03 bits per heavy atom. The highest BCUT2D eigenvalue weighted by molar-refractivity contribution is 5.96. The Hall–Kier alpha value is -5.05. The number of allylic oxidation sites excluding steroid dienone is 1. The van der Waals surface area contributed by atoms with E-state index >= 15 is 0 Å². The number of hydrogen-bond acceptors (Lipinski definition) is 10. The van der Waals surface area contributed by atoms with Crippen molar-refractivity contribution in [3.63, 3.8) is 0 Å². The molecule has 0 aliphatic carbocycles. The second-order valence-corrected chi connectivity index (χ2v) is 16.3. The number of benzene rings is 1. The molecule has 1 aromatic carbocycles. The minimum absolute atomic E-state index is 0.0203. The normalized spacial score (nSPS) is 28.3. The first kappa shape index (κ1) is 51.1. The van der Waals surface area contributed by atoms with E-state index in [0.29, 0.717) is 18.4 Å². The predicted molar refractivity (Wildman–Crippen MR) is 228 cm³/mol. The van der Waals surface area contributed by atoms with Gasteiger partial charge < -0.3 is 39.9 Å². The van der Waals surface area contributed by atoms with Crippen molar-refractivity contribution >= 4 is 41.5 Å². The number of amides is 5. The first-order valence-electron chi connectivity index (χ1n) is 20.9. The molecule has 10 atom stereocenters. The van der Waals surface area contributed by atoms with Crippen molar-refractivity contribution in [3.05, 3.63) is 59.2 Å². The molecular weight excluding hydrogens is 771 g/mol. The molecule has 60 heavy (non-hydrogen) atoms. The molecule has 1 heterocycles. The van der Waals surface area contributed by atoms with Crippen molar-refractivity contribution in [1.82, 2.24) is 25.3 Å². The lowest BCUT2D eigenvalue weighted by atomic mass is 9.90. The Bertz CT molecular complexity index is 1730. The Morgan fingerprint density at radius 2 is 1.47 bits per heavy atom. The molecule has 2 rings (SSSR count). The molecule has 0 bridgehead atoms. The average molecular weight is 840 g/mol. The first-order valence-corrected chi connectivity index (χ1v) is 20.9. The third-order valence-corrected chi connectivity index (χ3v) is 11.8. The van der Waals surface area contributed by atoms with Gasteiger partial charge in [-0.05, 0) is 64.5 Å². The molecule has 1 aliphatic heterocycles. The van der Waals surface area contributed by atoms with Crippen molar-refractivity contribution in [2.24, 2.45) is 17.8 Å². The first-order chi connectivity index (χ1) is 28.1. The minimum Gasteiger partial charge on any atom is -0.456 e. The standard InChI is InChI=1S/C45H69N5O10/c1-14-26(4)37-43(56)49(12)32(10)45(58)59-38(27(5)15-2)30(8)35(51)23-22-29(7)44(57)60-39(28(6)16-3)40(53)46-31(9)41(54)50(13)34(24-33-20-18-17-19-21-33)42(55)48(11)25-36(52)47-37/h15,17-22,26,28,30-32,34-35,37-39,51H,14,16,23-25H2,1-13H3,(H,46,53)(H,47,52)/t26-,28+,30+,31+,32+,34-,35+,37+,38-,39-/m1/s1. The average Bonchev–Trinajstić information content (AvgIpc) is 3.24. The van der Waals surface area contributed by atoms with Gasteiger partial charge in [0.15, 0.2) is 6.10 Å². The fourth-order valence-corrected chi connectivity index (χ4v) is 6.71. The second kappa shape index (κ2) is 23.7. The largest absolute Gasteiger partial charge is 0.456 e. The number of nitrogens with one attached hydrogen (secondary N) is 2. The topological polar surface area (TPSA) is 192 Å². The summed E-state index contributed by atoms with van der Waals surface area (Å²) in [6.45, 7) is 16.5. The van der Waals surface area contributed by atoms with Crippen molar-refractivity contribution in [1.29, 1.82) is 0 Å². The van der Waals surface area contributed by atoms with Crippen LogP contribution >= 0.6 is 0 Å². The van der Waals surface area contributed by atoms with Gasteiger partial charge in [0.1, 0.15) is 30.3 Å². The number of cyclic esters (lactones) is 2. The Balaban J connectivity index is 2.67. The zero-order valence-electron chi connectivity index (χ0n) is 37.8. The van der Waals surface area contributed by atoms with Crippen LogP contribution in [-0.4, -0.2) is 131 Å². The third kappa shape index (κ3) is 13.7. The van der Waals surface area contributed by atoms with Gasteiger partial charge in [0.25, 0.3) is 5.91 Å². The van der Waals surface area contributed by atoms with E-state index in [-0.39, 0.29) is 24.3 Å². The van der Waals surface area contributed by atoms with Gasteiger partial charge in [-0.3, -0.25) is 24.0 Å². The fraction of sp³-hybridized carbons (Fsp3) is 0.622. The van der Waals surface area contributed by atoms with Crippen LogP contribution in [0.1, 0.15) is 94.1 Å². The van der Waals surface area contributed by atoms with Crippen LogP contribution in [0, 0.1) is 17.8 Å². The number of rotatable bonds is 7. The molecule has 15 heteroatoms. The maximum atomic E-state index is 14.2. The van der Waals surface area contributed by atoms with Gasteiger partial charge in [-0.1, -0.05) is 83.5 Å². The molecule has 0 saturated carbocycles. The van der Waals surface area contributed by atoms with Crippen LogP contribution in [0.3, 0.4) is 0 Å². The van der Waals surface area contributed by atoms with Crippen LogP contribution in [-0.2, 0) is 49.5 Å². The molecule has 1 aromatic rings. The maximum absolute atomic E-state index is 14.2. The third-order valence-electron chi connectivity index (χ3n) is 11.8. The van der Waals surface area contributed by atoms with E-state index in [9.17, 15) is 38.7 Å². The number of aliphatic hydroxyl groups excluding tert-OH is 1. The van der Waals surface area contributed by atoms with E-state index in [4.69, 9.17) is 9.47 Å². The summed E-state index contributed by atoms with van der Waals surface area (Å²) in [5.41, 5.74) is 1.52. The molecule has 0 spiro atoms. The second-order valence-electron chi connectivity index (χ2n) is 16.3. The lowest BCUT2D eigenvalue weighted by molar-refractivity contribution is -0.160. The Morgan fingerprint density at radius 1 is 0.867 bits per heavy atom. The summed E-state index contributed by atoms with van der Waals surface area (Å²) in [6, 6.07) is 4.61. The van der Waals surface area contributed by atoms with Gasteiger partial charge in [-0.15, -0.1) is 0 Å². The Kier molecular flexibility index (Phi) is 20.2. The molecule has 0 unspecified atom stereocenters. The summed E-state index contributed by atoms with van der Waals surface area (Å²) in [5, 5.41) is 16.7. The summed E-state index contributed by atoms with van der Waals surface area (Å²) in [5.74, 6) is -6.05. The number of esters is 2. The Labute approximate surface area is 356 Å². The quantitative estimate of drug-likeness (QED) is 0.270. The predicted octanol–water partition coefficient (Wildman–Crippen LogP) is 3.58. The van der Waals surface area contributed by atoms with Crippen molar-refractivity contribution in [2.75, 3.05) is 27.7 Å². The van der Waals surface area contributed by atoms with Gasteiger partial charge in [0, 0.05) is 45.0 Å². The molecule has 334 valence electrons. The highest BCUT2D eigenvalue weighted by Crippen LogP contribution is 2.25. The zero-order valence-corrected chi connectivity index (χ0v) is 37.8. The summed E-state index contributed by atoms with van der Waals surface area (Å²) in [6.07, 6.45) is 1.02. The van der Waals surface area contributed by atoms with Crippen molar-refractivity contribution in [2.45, 2.75) is 137 Å². The van der Waals surface area contributed by atoms with Gasteiger partial charge in [-0.2, -0.15) is 0 Å². The smallest absolute Gasteiger partial charge is 0.334 e. The molecule has 0 fully saturated rings. The van der Waals surface area contributed by atoms with Crippen LogP contribution in [0.4, 0.5) is 0 Å². The van der Waals surface area contributed by atoms with E-state index in [1.807, 2.05) is 19.9 Å². The van der Waals surface area contributed by atoms with Crippen LogP contribution in [0.15, 0.2) is 53.6 Å². The monoisotopic (exact) mass is 840 g/mol. The summed E-state index contributed by atoms with van der Waals surface area (Å²) < 4.78 is 11.7. The number of aliphatic hydroxyl groups is 1. The maximum Gasteiger partial charge on any atom is 0.334 e. The van der Waals surface area contributed by atoms with E-state index in [0.717, 1.165) is 5.56 Å². The summed E-state index contributed by atoms with van der Waals surface area (Å²) in [4.78, 5) is 100. The SMILES string of the molecule is CC=C(C)[C@H]1OC(=O)[C@H](C)N(C)C(=O)[C@H]([C@H](C)CC)NC(=O)CN(C)C(=O)[C@@H](Cc2ccccc2)N(C)C(=O)[C@H](C)NC(=O)[C@@H]([C@@H](C)CC)OC(=O)C(C)=CC[C@H](O)[C@@H]1C. The van der Waals surface area contributed by atoms with E-state index < -0.39 is 102 Å². The highest BCUT2D eigenvalue weighted by Gasteiger charge is 2.38. The van der Waals surface area contributed by atoms with Crippen LogP contribution < -0.4 is 10.6 Å². The van der Waals surface area contributed by atoms with Crippen LogP contribution in [0.2, 0.25) is 0 Å². The number of carbonyl (C=O) groups is 7. The number of carbonyl (C=O) groups excluding carboxylic acids is 7. The van der Waals surface area contributed by atoms with Crippen molar-refractivity contribution in [3.8, 4) is 0 Å². The molecule has 5 amide bonds.